The summed E-state index contributed by atoms with van der Waals surface area (Å²) in [7, 11) is 0. The summed E-state index contributed by atoms with van der Waals surface area (Å²) >= 11 is 0. The minimum atomic E-state index is -0.310. The lowest BCUT2D eigenvalue weighted by atomic mass is 9.80. The van der Waals surface area contributed by atoms with E-state index in [-0.39, 0.29) is 12.2 Å². The number of aliphatic hydroxyl groups excluding tert-OH is 1. The van der Waals surface area contributed by atoms with Crippen molar-refractivity contribution in [3.8, 4) is 0 Å². The molecular formula is C15H22O2. The average Bonchev–Trinajstić information content (AvgIpc) is 2.32. The van der Waals surface area contributed by atoms with E-state index in [0.29, 0.717) is 5.92 Å². The van der Waals surface area contributed by atoms with E-state index in [9.17, 15) is 5.11 Å². The summed E-state index contributed by atoms with van der Waals surface area (Å²) in [5.41, 5.74) is 2.43. The molecule has 17 heavy (non-hydrogen) atoms. The average molecular weight is 234 g/mol. The van der Waals surface area contributed by atoms with Crippen LogP contribution in [0.15, 0.2) is 24.3 Å². The molecule has 2 nitrogen and oxygen atoms in total. The fourth-order valence-corrected chi connectivity index (χ4v) is 2.56. The molecule has 1 aromatic carbocycles. The standard InChI is InChI=1S/C15H22O2/c1-11(2)17-10-9-13-8-7-12-5-3-4-6-14(12)15(13)16/h3-6,11,13,15-16H,7-10H2,1-2H3. The molecular weight excluding hydrogens is 212 g/mol. The summed E-state index contributed by atoms with van der Waals surface area (Å²) in [4.78, 5) is 0. The van der Waals surface area contributed by atoms with E-state index in [1.165, 1.54) is 5.56 Å². The van der Waals surface area contributed by atoms with Gasteiger partial charge in [0.15, 0.2) is 0 Å². The maximum atomic E-state index is 10.3. The maximum Gasteiger partial charge on any atom is 0.0821 e. The third-order valence-electron chi connectivity index (χ3n) is 3.54. The summed E-state index contributed by atoms with van der Waals surface area (Å²) in [6, 6.07) is 8.23. The Labute approximate surface area is 104 Å². The van der Waals surface area contributed by atoms with Crippen LogP contribution >= 0.6 is 0 Å². The molecule has 1 N–H and O–H groups in total. The van der Waals surface area contributed by atoms with Gasteiger partial charge in [0.05, 0.1) is 12.2 Å². The highest BCUT2D eigenvalue weighted by Crippen LogP contribution is 2.35. The molecule has 0 heterocycles. The van der Waals surface area contributed by atoms with Crippen molar-refractivity contribution in [2.24, 2.45) is 5.92 Å². The number of aliphatic hydroxyl groups is 1. The SMILES string of the molecule is CC(C)OCCC1CCc2ccccc2C1O. The highest BCUT2D eigenvalue weighted by molar-refractivity contribution is 5.31. The van der Waals surface area contributed by atoms with Crippen LogP contribution < -0.4 is 0 Å². The molecule has 0 bridgehead atoms. The van der Waals surface area contributed by atoms with E-state index >= 15 is 0 Å². The van der Waals surface area contributed by atoms with Gasteiger partial charge in [0.25, 0.3) is 0 Å². The topological polar surface area (TPSA) is 29.5 Å². The summed E-state index contributed by atoms with van der Waals surface area (Å²) in [6.45, 7) is 4.85. The minimum Gasteiger partial charge on any atom is -0.388 e. The largest absolute Gasteiger partial charge is 0.388 e. The zero-order valence-electron chi connectivity index (χ0n) is 10.7. The van der Waals surface area contributed by atoms with Gasteiger partial charge in [0.1, 0.15) is 0 Å². The van der Waals surface area contributed by atoms with Crippen molar-refractivity contribution in [1.29, 1.82) is 0 Å². The van der Waals surface area contributed by atoms with Crippen molar-refractivity contribution < 1.29 is 9.84 Å². The Morgan fingerprint density at radius 2 is 2.12 bits per heavy atom. The summed E-state index contributed by atoms with van der Waals surface area (Å²) in [6.07, 6.45) is 3.08. The molecule has 2 unspecified atom stereocenters. The van der Waals surface area contributed by atoms with Gasteiger partial charge in [0, 0.05) is 6.61 Å². The Morgan fingerprint density at radius 1 is 1.35 bits per heavy atom. The minimum absolute atomic E-state index is 0.281. The second-order valence-corrected chi connectivity index (χ2v) is 5.15. The van der Waals surface area contributed by atoms with Gasteiger partial charge < -0.3 is 9.84 Å². The van der Waals surface area contributed by atoms with Crippen molar-refractivity contribution in [3.05, 3.63) is 35.4 Å². The molecule has 0 spiro atoms. The lowest BCUT2D eigenvalue weighted by Crippen LogP contribution is -2.22. The Hall–Kier alpha value is -0.860. The zero-order chi connectivity index (χ0) is 12.3. The Morgan fingerprint density at radius 3 is 2.88 bits per heavy atom. The van der Waals surface area contributed by atoms with Crippen LogP contribution in [0.1, 0.15) is 43.9 Å². The van der Waals surface area contributed by atoms with Gasteiger partial charge in [-0.25, -0.2) is 0 Å². The Bertz CT molecular complexity index is 360. The van der Waals surface area contributed by atoms with E-state index in [0.717, 1.165) is 31.4 Å². The molecule has 1 aliphatic carbocycles. The third-order valence-corrected chi connectivity index (χ3v) is 3.54. The first-order valence-electron chi connectivity index (χ1n) is 6.56. The van der Waals surface area contributed by atoms with E-state index in [2.05, 4.69) is 12.1 Å². The summed E-state index contributed by atoms with van der Waals surface area (Å²) in [5.74, 6) is 0.351. The summed E-state index contributed by atoms with van der Waals surface area (Å²) < 4.78 is 5.57. The van der Waals surface area contributed by atoms with Crippen LogP contribution in [0.4, 0.5) is 0 Å². The normalized spacial score (nSPS) is 23.8. The van der Waals surface area contributed by atoms with Gasteiger partial charge in [-0.3, -0.25) is 0 Å². The van der Waals surface area contributed by atoms with Crippen LogP contribution in [0, 0.1) is 5.92 Å². The number of fused-ring (bicyclic) bond motifs is 1. The third kappa shape index (κ3) is 3.08. The predicted octanol–water partition coefficient (Wildman–Crippen LogP) is 3.10. The predicted molar refractivity (Wildman–Crippen MR) is 68.9 cm³/mol. The van der Waals surface area contributed by atoms with E-state index < -0.39 is 0 Å². The van der Waals surface area contributed by atoms with Crippen molar-refractivity contribution in [2.45, 2.75) is 45.3 Å². The lowest BCUT2D eigenvalue weighted by molar-refractivity contribution is 0.0335. The van der Waals surface area contributed by atoms with Gasteiger partial charge in [0.2, 0.25) is 0 Å². The monoisotopic (exact) mass is 234 g/mol. The molecule has 2 rings (SSSR count). The molecule has 94 valence electrons. The molecule has 1 aliphatic rings. The number of hydrogen-bond acceptors (Lipinski definition) is 2. The molecule has 0 saturated carbocycles. The number of aryl methyl sites for hydroxylation is 1. The van der Waals surface area contributed by atoms with Crippen molar-refractivity contribution >= 4 is 0 Å². The fourth-order valence-electron chi connectivity index (χ4n) is 2.56. The highest BCUT2D eigenvalue weighted by Gasteiger charge is 2.27. The van der Waals surface area contributed by atoms with E-state index in [4.69, 9.17) is 4.74 Å². The number of rotatable bonds is 4. The van der Waals surface area contributed by atoms with E-state index in [1.54, 1.807) is 0 Å². The van der Waals surface area contributed by atoms with Crippen molar-refractivity contribution in [2.75, 3.05) is 6.61 Å². The Balaban J connectivity index is 1.95. The van der Waals surface area contributed by atoms with Gasteiger partial charge in [-0.15, -0.1) is 0 Å². The number of benzene rings is 1. The molecule has 0 aliphatic heterocycles. The zero-order valence-corrected chi connectivity index (χ0v) is 10.7. The second kappa shape index (κ2) is 5.65. The quantitative estimate of drug-likeness (QED) is 0.867. The number of ether oxygens (including phenoxy) is 1. The number of hydrogen-bond donors (Lipinski definition) is 1. The van der Waals surface area contributed by atoms with Gasteiger partial charge in [-0.2, -0.15) is 0 Å². The van der Waals surface area contributed by atoms with Gasteiger partial charge in [-0.05, 0) is 50.2 Å². The molecule has 0 radical (unpaired) electrons. The first-order valence-corrected chi connectivity index (χ1v) is 6.56. The van der Waals surface area contributed by atoms with Crippen LogP contribution in [-0.4, -0.2) is 17.8 Å². The first kappa shape index (κ1) is 12.6. The van der Waals surface area contributed by atoms with Crippen LogP contribution in [-0.2, 0) is 11.2 Å². The van der Waals surface area contributed by atoms with Gasteiger partial charge >= 0.3 is 0 Å². The molecule has 1 aromatic rings. The smallest absolute Gasteiger partial charge is 0.0821 e. The van der Waals surface area contributed by atoms with Crippen LogP contribution in [0.2, 0.25) is 0 Å². The summed E-state index contributed by atoms with van der Waals surface area (Å²) in [5, 5.41) is 10.3. The maximum absolute atomic E-state index is 10.3. The molecule has 0 fully saturated rings. The lowest BCUT2D eigenvalue weighted by Gasteiger charge is -2.30. The molecule has 0 saturated heterocycles. The second-order valence-electron chi connectivity index (χ2n) is 5.15. The van der Waals surface area contributed by atoms with Crippen LogP contribution in [0.5, 0.6) is 0 Å². The first-order chi connectivity index (χ1) is 8.18. The van der Waals surface area contributed by atoms with Crippen molar-refractivity contribution in [3.63, 3.8) is 0 Å². The molecule has 0 aromatic heterocycles. The van der Waals surface area contributed by atoms with Gasteiger partial charge in [-0.1, -0.05) is 24.3 Å². The molecule has 2 atom stereocenters. The molecule has 0 amide bonds. The molecule has 2 heteroatoms. The van der Waals surface area contributed by atoms with Crippen molar-refractivity contribution in [1.82, 2.24) is 0 Å². The fraction of sp³-hybridized carbons (Fsp3) is 0.600. The van der Waals surface area contributed by atoms with Crippen LogP contribution in [0.25, 0.3) is 0 Å². The highest BCUT2D eigenvalue weighted by atomic mass is 16.5. The van der Waals surface area contributed by atoms with Crippen LogP contribution in [0.3, 0.4) is 0 Å². The Kier molecular flexibility index (Phi) is 4.19. The van der Waals surface area contributed by atoms with E-state index in [1.807, 2.05) is 26.0 Å².